The molecule has 0 heterocycles. The monoisotopic (exact) mass is 298 g/mol. The van der Waals surface area contributed by atoms with E-state index in [9.17, 15) is 9.59 Å². The minimum Gasteiger partial charge on any atom is -0.480 e. The molecule has 0 atom stereocenters. The van der Waals surface area contributed by atoms with Crippen LogP contribution in [-0.2, 0) is 4.79 Å². The molecule has 0 spiro atoms. The van der Waals surface area contributed by atoms with E-state index in [-0.39, 0.29) is 12.5 Å². The second kappa shape index (κ2) is 7.26. The van der Waals surface area contributed by atoms with Gasteiger partial charge < -0.3 is 14.9 Å². The number of aryl methyl sites for hydroxylation is 1. The fraction of sp³-hybridized carbons (Fsp3) is 0.429. The first-order valence-electron chi connectivity index (χ1n) is 6.23. The Bertz CT molecular complexity index is 503. The van der Waals surface area contributed by atoms with Gasteiger partial charge in [-0.05, 0) is 44.8 Å². The van der Waals surface area contributed by atoms with Crippen molar-refractivity contribution in [2.24, 2.45) is 0 Å². The number of nitrogens with zero attached hydrogens (tertiary/aromatic N) is 2. The number of carbonyl (C=O) groups excluding carboxylic acids is 1. The van der Waals surface area contributed by atoms with Crippen LogP contribution in [0.15, 0.2) is 18.2 Å². The second-order valence-corrected chi connectivity index (χ2v) is 5.32. The van der Waals surface area contributed by atoms with Gasteiger partial charge in [-0.25, -0.2) is 0 Å². The van der Waals surface area contributed by atoms with Crippen molar-refractivity contribution in [2.75, 3.05) is 33.7 Å². The van der Waals surface area contributed by atoms with Crippen molar-refractivity contribution >= 4 is 23.5 Å². The molecule has 1 aromatic carbocycles. The molecule has 1 aromatic rings. The maximum atomic E-state index is 12.4. The molecule has 6 heteroatoms. The summed E-state index contributed by atoms with van der Waals surface area (Å²) in [5, 5.41) is 9.48. The van der Waals surface area contributed by atoms with Crippen LogP contribution in [0.5, 0.6) is 0 Å². The molecule has 0 fully saturated rings. The van der Waals surface area contributed by atoms with Crippen molar-refractivity contribution in [2.45, 2.75) is 6.92 Å². The standard InChI is InChI=1S/C14H19ClN2O3/c1-10-8-11(15)4-5-12(10)14(20)17(9-13(18)19)7-6-16(2)3/h4-5,8H,6-7,9H2,1-3H3,(H,18,19). The van der Waals surface area contributed by atoms with Gasteiger partial charge >= 0.3 is 5.97 Å². The average molecular weight is 299 g/mol. The molecular formula is C14H19ClN2O3. The summed E-state index contributed by atoms with van der Waals surface area (Å²) < 4.78 is 0. The van der Waals surface area contributed by atoms with E-state index >= 15 is 0 Å². The Labute approximate surface area is 123 Å². The first-order chi connectivity index (χ1) is 9.31. The molecule has 5 nitrogen and oxygen atoms in total. The highest BCUT2D eigenvalue weighted by molar-refractivity contribution is 6.30. The molecule has 0 saturated heterocycles. The number of carboxylic acids is 1. The Morgan fingerprint density at radius 2 is 1.90 bits per heavy atom. The minimum absolute atomic E-state index is 0.289. The molecule has 0 aliphatic carbocycles. The van der Waals surface area contributed by atoms with Gasteiger partial charge in [0.05, 0.1) is 0 Å². The van der Waals surface area contributed by atoms with E-state index in [1.807, 2.05) is 19.0 Å². The lowest BCUT2D eigenvalue weighted by Gasteiger charge is -2.23. The number of hydrogen-bond acceptors (Lipinski definition) is 3. The summed E-state index contributed by atoms with van der Waals surface area (Å²) in [6, 6.07) is 4.96. The van der Waals surface area contributed by atoms with Crippen molar-refractivity contribution in [1.29, 1.82) is 0 Å². The number of benzene rings is 1. The molecule has 0 bridgehead atoms. The van der Waals surface area contributed by atoms with Gasteiger partial charge in [0.1, 0.15) is 6.54 Å². The third-order valence-electron chi connectivity index (χ3n) is 2.85. The molecule has 0 unspecified atom stereocenters. The summed E-state index contributed by atoms with van der Waals surface area (Å²) in [6.07, 6.45) is 0. The average Bonchev–Trinajstić information content (AvgIpc) is 2.33. The van der Waals surface area contributed by atoms with E-state index in [1.165, 1.54) is 4.90 Å². The molecule has 0 saturated carbocycles. The fourth-order valence-electron chi connectivity index (χ4n) is 1.77. The highest BCUT2D eigenvalue weighted by atomic mass is 35.5. The van der Waals surface area contributed by atoms with Crippen LogP contribution in [0.4, 0.5) is 0 Å². The van der Waals surface area contributed by atoms with Gasteiger partial charge in [-0.2, -0.15) is 0 Å². The normalized spacial score (nSPS) is 10.7. The molecule has 20 heavy (non-hydrogen) atoms. The second-order valence-electron chi connectivity index (χ2n) is 4.88. The lowest BCUT2D eigenvalue weighted by molar-refractivity contribution is -0.137. The Kier molecular flexibility index (Phi) is 5.98. The highest BCUT2D eigenvalue weighted by Gasteiger charge is 2.20. The fourth-order valence-corrected chi connectivity index (χ4v) is 2.00. The number of carboxylic acid groups (broad SMARTS) is 1. The van der Waals surface area contributed by atoms with Gasteiger partial charge in [-0.1, -0.05) is 11.6 Å². The smallest absolute Gasteiger partial charge is 0.323 e. The van der Waals surface area contributed by atoms with Gasteiger partial charge in [-0.3, -0.25) is 9.59 Å². The lowest BCUT2D eigenvalue weighted by Crippen LogP contribution is -2.40. The van der Waals surface area contributed by atoms with Crippen LogP contribution in [0.3, 0.4) is 0 Å². The van der Waals surface area contributed by atoms with Crippen molar-refractivity contribution in [3.05, 3.63) is 34.3 Å². The van der Waals surface area contributed by atoms with Crippen LogP contribution < -0.4 is 0 Å². The van der Waals surface area contributed by atoms with E-state index in [4.69, 9.17) is 16.7 Å². The van der Waals surface area contributed by atoms with Crippen LogP contribution in [0.2, 0.25) is 5.02 Å². The van der Waals surface area contributed by atoms with E-state index < -0.39 is 5.97 Å². The van der Waals surface area contributed by atoms with Crippen LogP contribution in [-0.4, -0.2) is 60.5 Å². The van der Waals surface area contributed by atoms with E-state index in [0.29, 0.717) is 23.7 Å². The molecule has 1 amide bonds. The largest absolute Gasteiger partial charge is 0.480 e. The number of likely N-dealkylation sites (N-methyl/N-ethyl adjacent to an activating group) is 1. The molecule has 0 radical (unpaired) electrons. The third kappa shape index (κ3) is 4.83. The first-order valence-corrected chi connectivity index (χ1v) is 6.61. The maximum absolute atomic E-state index is 12.4. The van der Waals surface area contributed by atoms with E-state index in [2.05, 4.69) is 0 Å². The van der Waals surface area contributed by atoms with Crippen molar-refractivity contribution in [1.82, 2.24) is 9.80 Å². The van der Waals surface area contributed by atoms with Crippen molar-refractivity contribution in [3.63, 3.8) is 0 Å². The van der Waals surface area contributed by atoms with E-state index in [1.54, 1.807) is 25.1 Å². The maximum Gasteiger partial charge on any atom is 0.323 e. The molecule has 110 valence electrons. The highest BCUT2D eigenvalue weighted by Crippen LogP contribution is 2.17. The molecule has 0 aliphatic rings. The predicted octanol–water partition coefficient (Wildman–Crippen LogP) is 1.74. The Hall–Kier alpha value is -1.59. The van der Waals surface area contributed by atoms with Crippen molar-refractivity contribution in [3.8, 4) is 0 Å². The Morgan fingerprint density at radius 3 is 2.40 bits per heavy atom. The van der Waals surface area contributed by atoms with Gasteiger partial charge in [0, 0.05) is 23.7 Å². The number of carbonyl (C=O) groups is 2. The summed E-state index contributed by atoms with van der Waals surface area (Å²) in [6.45, 7) is 2.44. The summed E-state index contributed by atoms with van der Waals surface area (Å²) in [5.41, 5.74) is 1.22. The lowest BCUT2D eigenvalue weighted by atomic mass is 10.1. The SMILES string of the molecule is Cc1cc(Cl)ccc1C(=O)N(CCN(C)C)CC(=O)O. The Morgan fingerprint density at radius 1 is 1.25 bits per heavy atom. The van der Waals surface area contributed by atoms with Gasteiger partial charge in [-0.15, -0.1) is 0 Å². The van der Waals surface area contributed by atoms with Crippen molar-refractivity contribution < 1.29 is 14.7 Å². The topological polar surface area (TPSA) is 60.9 Å². The number of halogens is 1. The zero-order chi connectivity index (χ0) is 15.3. The van der Waals surface area contributed by atoms with Crippen LogP contribution in [0, 0.1) is 6.92 Å². The number of amides is 1. The summed E-state index contributed by atoms with van der Waals surface area (Å²) in [5.74, 6) is -1.31. The van der Waals surface area contributed by atoms with Crippen LogP contribution in [0.1, 0.15) is 15.9 Å². The molecule has 0 aromatic heterocycles. The van der Waals surface area contributed by atoms with Gasteiger partial charge in [0.15, 0.2) is 0 Å². The third-order valence-corrected chi connectivity index (χ3v) is 3.08. The van der Waals surface area contributed by atoms with Gasteiger partial charge in [0.2, 0.25) is 0 Å². The molecular weight excluding hydrogens is 280 g/mol. The predicted molar refractivity (Wildman–Crippen MR) is 78.3 cm³/mol. The number of aliphatic carboxylic acids is 1. The van der Waals surface area contributed by atoms with Crippen LogP contribution in [0.25, 0.3) is 0 Å². The van der Waals surface area contributed by atoms with Crippen LogP contribution >= 0.6 is 11.6 Å². The minimum atomic E-state index is -1.02. The summed E-state index contributed by atoms with van der Waals surface area (Å²) in [7, 11) is 3.74. The molecule has 0 aliphatic heterocycles. The molecule has 1 N–H and O–H groups in total. The quantitative estimate of drug-likeness (QED) is 0.869. The van der Waals surface area contributed by atoms with E-state index in [0.717, 1.165) is 5.56 Å². The zero-order valence-corrected chi connectivity index (χ0v) is 12.6. The first kappa shape index (κ1) is 16.5. The van der Waals surface area contributed by atoms with Gasteiger partial charge in [0.25, 0.3) is 5.91 Å². The summed E-state index contributed by atoms with van der Waals surface area (Å²) >= 11 is 5.86. The molecule has 1 rings (SSSR count). The zero-order valence-electron chi connectivity index (χ0n) is 11.9. The summed E-state index contributed by atoms with van der Waals surface area (Å²) in [4.78, 5) is 26.6. The number of hydrogen-bond donors (Lipinski definition) is 1. The number of rotatable bonds is 6. The Balaban J connectivity index is 2.93.